The standard InChI is InChI=1S/C18H33N5O/c1-5-16-15(17(6-2)24-22-16)13-21-18(19-7-3)20-12-14-8-10-23(4)11-9-14/h14H,5-13H2,1-4H3,(H2,19,20,21). The van der Waals surface area contributed by atoms with Crippen LogP contribution in [0.5, 0.6) is 0 Å². The minimum atomic E-state index is 0.624. The van der Waals surface area contributed by atoms with Crippen LogP contribution < -0.4 is 10.6 Å². The quantitative estimate of drug-likeness (QED) is 0.591. The molecule has 0 aliphatic carbocycles. The average Bonchev–Trinajstić information content (AvgIpc) is 3.00. The largest absolute Gasteiger partial charge is 0.361 e. The predicted octanol–water partition coefficient (Wildman–Crippen LogP) is 2.20. The molecule has 1 aromatic rings. The van der Waals surface area contributed by atoms with Gasteiger partial charge in [0, 0.05) is 25.1 Å². The highest BCUT2D eigenvalue weighted by atomic mass is 16.5. The van der Waals surface area contributed by atoms with E-state index in [0.29, 0.717) is 6.54 Å². The van der Waals surface area contributed by atoms with Crippen molar-refractivity contribution in [1.82, 2.24) is 20.7 Å². The minimum absolute atomic E-state index is 0.624. The van der Waals surface area contributed by atoms with Gasteiger partial charge in [-0.25, -0.2) is 4.99 Å². The second-order valence-corrected chi connectivity index (χ2v) is 6.56. The maximum Gasteiger partial charge on any atom is 0.191 e. The van der Waals surface area contributed by atoms with Crippen molar-refractivity contribution in [3.63, 3.8) is 0 Å². The molecule has 6 nitrogen and oxygen atoms in total. The van der Waals surface area contributed by atoms with Crippen LogP contribution in [0.4, 0.5) is 0 Å². The van der Waals surface area contributed by atoms with Crippen molar-refractivity contribution < 1.29 is 4.52 Å². The number of aromatic nitrogens is 1. The van der Waals surface area contributed by atoms with Gasteiger partial charge >= 0.3 is 0 Å². The van der Waals surface area contributed by atoms with E-state index in [4.69, 9.17) is 9.52 Å². The number of rotatable bonds is 7. The van der Waals surface area contributed by atoms with Crippen LogP contribution in [0.2, 0.25) is 0 Å². The Morgan fingerprint density at radius 1 is 1.21 bits per heavy atom. The zero-order chi connectivity index (χ0) is 17.4. The number of aliphatic imine (C=N–C) groups is 1. The van der Waals surface area contributed by atoms with Crippen LogP contribution in [0, 0.1) is 5.92 Å². The first kappa shape index (κ1) is 18.8. The third-order valence-electron chi connectivity index (χ3n) is 4.74. The van der Waals surface area contributed by atoms with E-state index in [-0.39, 0.29) is 0 Å². The van der Waals surface area contributed by atoms with Gasteiger partial charge in [-0.3, -0.25) is 0 Å². The van der Waals surface area contributed by atoms with Crippen molar-refractivity contribution >= 4 is 5.96 Å². The van der Waals surface area contributed by atoms with E-state index >= 15 is 0 Å². The lowest BCUT2D eigenvalue weighted by atomic mass is 9.97. The molecular weight excluding hydrogens is 302 g/mol. The molecule has 1 fully saturated rings. The van der Waals surface area contributed by atoms with E-state index < -0.39 is 0 Å². The van der Waals surface area contributed by atoms with Crippen LogP contribution in [0.25, 0.3) is 0 Å². The minimum Gasteiger partial charge on any atom is -0.361 e. The number of nitrogens with one attached hydrogen (secondary N) is 2. The Labute approximate surface area is 146 Å². The molecule has 24 heavy (non-hydrogen) atoms. The van der Waals surface area contributed by atoms with Gasteiger partial charge in [0.2, 0.25) is 0 Å². The zero-order valence-electron chi connectivity index (χ0n) is 15.7. The first-order valence-electron chi connectivity index (χ1n) is 9.34. The summed E-state index contributed by atoms with van der Waals surface area (Å²) >= 11 is 0. The van der Waals surface area contributed by atoms with Crippen molar-refractivity contribution in [2.75, 3.05) is 33.2 Å². The second kappa shape index (κ2) is 9.67. The number of piperidine rings is 1. The summed E-state index contributed by atoms with van der Waals surface area (Å²) in [5.41, 5.74) is 2.18. The molecule has 136 valence electrons. The molecule has 0 spiro atoms. The fourth-order valence-corrected chi connectivity index (χ4v) is 3.12. The molecule has 1 saturated heterocycles. The van der Waals surface area contributed by atoms with Crippen molar-refractivity contribution in [2.45, 2.75) is 53.0 Å². The Hall–Kier alpha value is -1.56. The molecule has 0 unspecified atom stereocenters. The molecule has 0 bridgehead atoms. The van der Waals surface area contributed by atoms with Crippen LogP contribution in [0.15, 0.2) is 9.52 Å². The summed E-state index contributed by atoms with van der Waals surface area (Å²) in [5, 5.41) is 11.0. The number of hydrogen-bond acceptors (Lipinski definition) is 4. The van der Waals surface area contributed by atoms with E-state index in [1.54, 1.807) is 0 Å². The topological polar surface area (TPSA) is 65.7 Å². The molecule has 0 aromatic carbocycles. The van der Waals surface area contributed by atoms with E-state index in [1.165, 1.54) is 25.9 Å². The summed E-state index contributed by atoms with van der Waals surface area (Å²) in [7, 11) is 2.20. The van der Waals surface area contributed by atoms with Gasteiger partial charge in [-0.1, -0.05) is 19.0 Å². The maximum atomic E-state index is 5.43. The third-order valence-corrected chi connectivity index (χ3v) is 4.74. The smallest absolute Gasteiger partial charge is 0.191 e. The molecule has 0 amide bonds. The lowest BCUT2D eigenvalue weighted by Gasteiger charge is -2.29. The van der Waals surface area contributed by atoms with Gasteiger partial charge in [0.05, 0.1) is 12.2 Å². The van der Waals surface area contributed by atoms with Gasteiger partial charge in [-0.05, 0) is 52.2 Å². The highest BCUT2D eigenvalue weighted by Crippen LogP contribution is 2.17. The van der Waals surface area contributed by atoms with E-state index in [0.717, 1.165) is 54.8 Å². The van der Waals surface area contributed by atoms with E-state index in [1.807, 2.05) is 0 Å². The Bertz CT molecular complexity index is 496. The molecule has 0 radical (unpaired) electrons. The maximum absolute atomic E-state index is 5.43. The summed E-state index contributed by atoms with van der Waals surface area (Å²) in [5.74, 6) is 2.58. The normalized spacial score (nSPS) is 17.2. The van der Waals surface area contributed by atoms with Gasteiger partial charge in [0.15, 0.2) is 5.96 Å². The van der Waals surface area contributed by atoms with Crippen LogP contribution in [-0.2, 0) is 19.4 Å². The highest BCUT2D eigenvalue weighted by Gasteiger charge is 2.17. The van der Waals surface area contributed by atoms with Crippen molar-refractivity contribution in [1.29, 1.82) is 0 Å². The Balaban J connectivity index is 1.94. The van der Waals surface area contributed by atoms with Crippen molar-refractivity contribution in [3.05, 3.63) is 17.0 Å². The van der Waals surface area contributed by atoms with Crippen molar-refractivity contribution in [3.8, 4) is 0 Å². The fraction of sp³-hybridized carbons (Fsp3) is 0.778. The van der Waals surface area contributed by atoms with Gasteiger partial charge in [-0.15, -0.1) is 0 Å². The fourth-order valence-electron chi connectivity index (χ4n) is 3.12. The van der Waals surface area contributed by atoms with E-state index in [2.05, 4.69) is 48.5 Å². The third kappa shape index (κ3) is 5.23. The molecule has 6 heteroatoms. The molecule has 1 aliphatic heterocycles. The monoisotopic (exact) mass is 335 g/mol. The number of aryl methyl sites for hydroxylation is 2. The summed E-state index contributed by atoms with van der Waals surface area (Å²) in [6.07, 6.45) is 4.26. The van der Waals surface area contributed by atoms with Crippen molar-refractivity contribution in [2.24, 2.45) is 10.9 Å². The zero-order valence-corrected chi connectivity index (χ0v) is 15.7. The number of likely N-dealkylation sites (tertiary alicyclic amines) is 1. The van der Waals surface area contributed by atoms with Crippen LogP contribution in [-0.4, -0.2) is 49.2 Å². The summed E-state index contributed by atoms with van der Waals surface area (Å²) < 4.78 is 5.43. The Kier molecular flexibility index (Phi) is 7.56. The number of guanidine groups is 1. The van der Waals surface area contributed by atoms with Gasteiger partial charge in [-0.2, -0.15) is 0 Å². The lowest BCUT2D eigenvalue weighted by Crippen LogP contribution is -2.42. The highest BCUT2D eigenvalue weighted by molar-refractivity contribution is 5.79. The molecule has 2 rings (SSSR count). The van der Waals surface area contributed by atoms with Crippen LogP contribution >= 0.6 is 0 Å². The first-order chi connectivity index (χ1) is 11.7. The number of hydrogen-bond donors (Lipinski definition) is 2. The molecule has 2 N–H and O–H groups in total. The van der Waals surface area contributed by atoms with E-state index in [9.17, 15) is 0 Å². The Morgan fingerprint density at radius 2 is 1.96 bits per heavy atom. The van der Waals surface area contributed by atoms with Crippen LogP contribution in [0.1, 0.15) is 50.6 Å². The molecule has 0 atom stereocenters. The van der Waals surface area contributed by atoms with Gasteiger partial charge in [0.25, 0.3) is 0 Å². The molecule has 2 heterocycles. The number of nitrogens with zero attached hydrogens (tertiary/aromatic N) is 3. The lowest BCUT2D eigenvalue weighted by molar-refractivity contribution is 0.220. The molecular formula is C18H33N5O. The van der Waals surface area contributed by atoms with Gasteiger partial charge in [0.1, 0.15) is 5.76 Å². The van der Waals surface area contributed by atoms with Gasteiger partial charge < -0.3 is 20.1 Å². The molecule has 1 aromatic heterocycles. The molecule has 1 aliphatic rings. The SMILES string of the molecule is CCNC(=NCc1c(CC)noc1CC)NCC1CCN(C)CC1. The molecule has 0 saturated carbocycles. The average molecular weight is 335 g/mol. The summed E-state index contributed by atoms with van der Waals surface area (Å²) in [4.78, 5) is 7.16. The predicted molar refractivity (Wildman–Crippen MR) is 98.3 cm³/mol. The summed E-state index contributed by atoms with van der Waals surface area (Å²) in [6.45, 7) is 11.2. The first-order valence-corrected chi connectivity index (χ1v) is 9.34. The Morgan fingerprint density at radius 3 is 2.58 bits per heavy atom. The second-order valence-electron chi connectivity index (χ2n) is 6.56. The van der Waals surface area contributed by atoms with Crippen LogP contribution in [0.3, 0.4) is 0 Å². The summed E-state index contributed by atoms with van der Waals surface area (Å²) in [6, 6.07) is 0.